The molecule has 96 valence electrons. The molecule has 1 saturated carbocycles. The summed E-state index contributed by atoms with van der Waals surface area (Å²) in [5.74, 6) is -1.71. The largest absolute Gasteiger partial charge is 0.481 e. The maximum atomic E-state index is 12.0. The second-order valence-electron chi connectivity index (χ2n) is 4.33. The van der Waals surface area contributed by atoms with Gasteiger partial charge >= 0.3 is 11.9 Å². The number of aliphatic carboxylic acids is 1. The Morgan fingerprint density at radius 2 is 2.12 bits per heavy atom. The fourth-order valence-electron chi connectivity index (χ4n) is 2.26. The molecule has 0 aromatic heterocycles. The smallest absolute Gasteiger partial charge is 0.319 e. The van der Waals surface area contributed by atoms with Crippen LogP contribution in [0.4, 0.5) is 0 Å². The van der Waals surface area contributed by atoms with Crippen LogP contribution in [0.25, 0.3) is 0 Å². The van der Waals surface area contributed by atoms with Crippen molar-refractivity contribution in [2.45, 2.75) is 45.4 Å². The van der Waals surface area contributed by atoms with Crippen molar-refractivity contribution in [2.75, 3.05) is 6.61 Å². The van der Waals surface area contributed by atoms with Crippen LogP contribution in [0, 0.1) is 5.41 Å². The van der Waals surface area contributed by atoms with E-state index in [9.17, 15) is 14.4 Å². The van der Waals surface area contributed by atoms with Crippen LogP contribution >= 0.6 is 0 Å². The summed E-state index contributed by atoms with van der Waals surface area (Å²) in [5.41, 5.74) is -1.20. The minimum absolute atomic E-state index is 0.0556. The van der Waals surface area contributed by atoms with Gasteiger partial charge in [0.25, 0.3) is 0 Å². The predicted octanol–water partition coefficient (Wildman–Crippen LogP) is 1.54. The van der Waals surface area contributed by atoms with Gasteiger partial charge in [-0.2, -0.15) is 0 Å². The number of esters is 1. The lowest BCUT2D eigenvalue weighted by Gasteiger charge is -2.32. The molecule has 5 nitrogen and oxygen atoms in total. The lowest BCUT2D eigenvalue weighted by atomic mass is 9.70. The van der Waals surface area contributed by atoms with E-state index < -0.39 is 17.4 Å². The number of carbonyl (C=O) groups is 3. The quantitative estimate of drug-likeness (QED) is 0.584. The Balaban J connectivity index is 2.85. The van der Waals surface area contributed by atoms with Gasteiger partial charge < -0.3 is 9.84 Å². The van der Waals surface area contributed by atoms with Gasteiger partial charge in [-0.25, -0.2) is 0 Å². The van der Waals surface area contributed by atoms with Crippen molar-refractivity contribution in [3.05, 3.63) is 0 Å². The Labute approximate surface area is 100 Å². The molecule has 1 aliphatic rings. The third-order valence-corrected chi connectivity index (χ3v) is 3.22. The number of carboxylic acid groups (broad SMARTS) is 1. The summed E-state index contributed by atoms with van der Waals surface area (Å²) in [5, 5.41) is 8.69. The molecule has 0 amide bonds. The first-order valence-corrected chi connectivity index (χ1v) is 5.95. The summed E-state index contributed by atoms with van der Waals surface area (Å²) in [6.07, 6.45) is 2.18. The fourth-order valence-corrected chi connectivity index (χ4v) is 2.26. The van der Waals surface area contributed by atoms with Gasteiger partial charge in [-0.15, -0.1) is 0 Å². The molecule has 0 aromatic carbocycles. The molecule has 0 heterocycles. The molecule has 0 aromatic rings. The van der Waals surface area contributed by atoms with E-state index in [2.05, 4.69) is 0 Å². The maximum Gasteiger partial charge on any atom is 0.319 e. The normalized spacial score (nSPS) is 24.4. The van der Waals surface area contributed by atoms with Gasteiger partial charge in [0.1, 0.15) is 11.2 Å². The molecule has 1 N–H and O–H groups in total. The first-order chi connectivity index (χ1) is 8.03. The van der Waals surface area contributed by atoms with E-state index in [1.165, 1.54) is 0 Å². The third-order valence-electron chi connectivity index (χ3n) is 3.22. The zero-order chi connectivity index (χ0) is 12.9. The van der Waals surface area contributed by atoms with Crippen LogP contribution in [-0.2, 0) is 19.1 Å². The highest BCUT2D eigenvalue weighted by molar-refractivity contribution is 6.04. The van der Waals surface area contributed by atoms with Gasteiger partial charge in [0, 0.05) is 12.8 Å². The summed E-state index contributed by atoms with van der Waals surface area (Å²) < 4.78 is 4.93. The summed E-state index contributed by atoms with van der Waals surface area (Å²) in [6, 6.07) is 0. The molecule has 17 heavy (non-hydrogen) atoms. The van der Waals surface area contributed by atoms with Crippen LogP contribution in [-0.4, -0.2) is 29.4 Å². The van der Waals surface area contributed by atoms with Crippen molar-refractivity contribution in [3.63, 3.8) is 0 Å². The van der Waals surface area contributed by atoms with E-state index in [1.807, 2.05) is 0 Å². The van der Waals surface area contributed by atoms with Crippen molar-refractivity contribution in [2.24, 2.45) is 5.41 Å². The van der Waals surface area contributed by atoms with Crippen LogP contribution in [0.3, 0.4) is 0 Å². The first-order valence-electron chi connectivity index (χ1n) is 5.95. The summed E-state index contributed by atoms with van der Waals surface area (Å²) >= 11 is 0. The molecular weight excluding hydrogens is 224 g/mol. The van der Waals surface area contributed by atoms with E-state index >= 15 is 0 Å². The van der Waals surface area contributed by atoms with Crippen LogP contribution < -0.4 is 0 Å². The van der Waals surface area contributed by atoms with E-state index in [4.69, 9.17) is 9.84 Å². The van der Waals surface area contributed by atoms with Gasteiger partial charge in [0.05, 0.1) is 6.61 Å². The molecule has 5 heteroatoms. The SMILES string of the molecule is CCOC(=O)C1(CCC(=O)O)CCCCC1=O. The van der Waals surface area contributed by atoms with Crippen molar-refractivity contribution in [3.8, 4) is 0 Å². The molecular formula is C12H18O5. The minimum atomic E-state index is -1.20. The average Bonchev–Trinajstić information content (AvgIpc) is 2.28. The molecule has 0 aliphatic heterocycles. The number of hydrogen-bond acceptors (Lipinski definition) is 4. The number of hydrogen-bond donors (Lipinski definition) is 1. The van der Waals surface area contributed by atoms with Crippen LogP contribution in [0.5, 0.6) is 0 Å². The maximum absolute atomic E-state index is 12.0. The van der Waals surface area contributed by atoms with Gasteiger partial charge in [-0.05, 0) is 26.2 Å². The second-order valence-corrected chi connectivity index (χ2v) is 4.33. The van der Waals surface area contributed by atoms with Crippen LogP contribution in [0.2, 0.25) is 0 Å². The molecule has 0 saturated heterocycles. The highest BCUT2D eigenvalue weighted by Crippen LogP contribution is 2.38. The van der Waals surface area contributed by atoms with E-state index in [-0.39, 0.29) is 25.2 Å². The lowest BCUT2D eigenvalue weighted by Crippen LogP contribution is -2.43. The van der Waals surface area contributed by atoms with Crippen molar-refractivity contribution in [1.29, 1.82) is 0 Å². The molecule has 1 aliphatic carbocycles. The van der Waals surface area contributed by atoms with Crippen LogP contribution in [0.1, 0.15) is 45.4 Å². The Kier molecular flexibility index (Phi) is 4.66. The zero-order valence-electron chi connectivity index (χ0n) is 10.0. The van der Waals surface area contributed by atoms with Gasteiger partial charge in [0.15, 0.2) is 0 Å². The Morgan fingerprint density at radius 1 is 1.41 bits per heavy atom. The monoisotopic (exact) mass is 242 g/mol. The summed E-state index contributed by atoms with van der Waals surface area (Å²) in [6.45, 7) is 1.89. The Hall–Kier alpha value is -1.39. The number of carbonyl (C=O) groups excluding carboxylic acids is 2. The molecule has 0 radical (unpaired) electrons. The molecule has 0 bridgehead atoms. The van der Waals surface area contributed by atoms with Crippen molar-refractivity contribution in [1.82, 2.24) is 0 Å². The minimum Gasteiger partial charge on any atom is -0.481 e. The zero-order valence-corrected chi connectivity index (χ0v) is 10.0. The van der Waals surface area contributed by atoms with Crippen molar-refractivity contribution >= 4 is 17.7 Å². The highest BCUT2D eigenvalue weighted by atomic mass is 16.5. The average molecular weight is 242 g/mol. The summed E-state index contributed by atoms with van der Waals surface area (Å²) in [7, 11) is 0. The molecule has 0 spiro atoms. The number of carboxylic acids is 1. The number of Topliss-reactive ketones (excluding diaryl/α,β-unsaturated/α-hetero) is 1. The van der Waals surface area contributed by atoms with Crippen molar-refractivity contribution < 1.29 is 24.2 Å². The number of ether oxygens (including phenoxy) is 1. The molecule has 1 fully saturated rings. The Bertz CT molecular complexity index is 323. The van der Waals surface area contributed by atoms with Gasteiger partial charge in [-0.1, -0.05) is 6.42 Å². The summed E-state index contributed by atoms with van der Waals surface area (Å²) in [4.78, 5) is 34.5. The number of rotatable bonds is 5. The third kappa shape index (κ3) is 3.05. The number of ketones is 1. The molecule has 1 rings (SSSR count). The topological polar surface area (TPSA) is 80.7 Å². The highest BCUT2D eigenvalue weighted by Gasteiger charge is 2.47. The second kappa shape index (κ2) is 5.80. The predicted molar refractivity (Wildman–Crippen MR) is 59.4 cm³/mol. The first kappa shape index (κ1) is 13.7. The lowest BCUT2D eigenvalue weighted by molar-refractivity contribution is -0.163. The van der Waals surface area contributed by atoms with Crippen LogP contribution in [0.15, 0.2) is 0 Å². The molecule has 1 atom stereocenters. The van der Waals surface area contributed by atoms with Gasteiger partial charge in [0.2, 0.25) is 0 Å². The standard InChI is InChI=1S/C12H18O5/c1-2-17-11(16)12(8-6-10(14)15)7-4-3-5-9(12)13/h2-8H2,1H3,(H,14,15). The molecule has 1 unspecified atom stereocenters. The fraction of sp³-hybridized carbons (Fsp3) is 0.750. The van der Waals surface area contributed by atoms with E-state index in [0.717, 1.165) is 12.8 Å². The van der Waals surface area contributed by atoms with Gasteiger partial charge in [-0.3, -0.25) is 14.4 Å². The van der Waals surface area contributed by atoms with E-state index in [0.29, 0.717) is 12.8 Å². The Morgan fingerprint density at radius 3 is 2.65 bits per heavy atom. The van der Waals surface area contributed by atoms with E-state index in [1.54, 1.807) is 6.92 Å².